The third kappa shape index (κ3) is 4.55. The monoisotopic (exact) mass is 333 g/mol. The van der Waals surface area contributed by atoms with Crippen molar-refractivity contribution in [2.45, 2.75) is 13.1 Å². The average Bonchev–Trinajstić information content (AvgIpc) is 2.53. The lowest BCUT2D eigenvalue weighted by molar-refractivity contribution is -0.137. The van der Waals surface area contributed by atoms with E-state index < -0.39 is 11.7 Å². The van der Waals surface area contributed by atoms with Crippen molar-refractivity contribution in [2.75, 3.05) is 5.32 Å². The van der Waals surface area contributed by atoms with Crippen LogP contribution in [0.3, 0.4) is 0 Å². The number of carbonyl (C=O) groups is 2. The maximum atomic E-state index is 12.7. The number of aldehydes is 1. The van der Waals surface area contributed by atoms with Gasteiger partial charge in [-0.2, -0.15) is 13.2 Å². The van der Waals surface area contributed by atoms with Gasteiger partial charge < -0.3 is 5.32 Å². The van der Waals surface area contributed by atoms with Gasteiger partial charge in [-0.1, -0.05) is 24.3 Å². The van der Waals surface area contributed by atoms with Crippen molar-refractivity contribution < 1.29 is 22.8 Å². The number of hydrogen-bond acceptors (Lipinski definition) is 2. The Morgan fingerprint density at radius 3 is 2.42 bits per heavy atom. The minimum atomic E-state index is -4.41. The maximum Gasteiger partial charge on any atom is 0.416 e. The van der Waals surface area contributed by atoms with Crippen LogP contribution in [0.25, 0.3) is 12.2 Å². The quantitative estimate of drug-likeness (QED) is 0.654. The first-order valence-electron chi connectivity index (χ1n) is 7.02. The molecule has 2 aromatic rings. The van der Waals surface area contributed by atoms with E-state index >= 15 is 0 Å². The van der Waals surface area contributed by atoms with Crippen molar-refractivity contribution in [3.63, 3.8) is 0 Å². The van der Waals surface area contributed by atoms with E-state index in [0.717, 1.165) is 12.1 Å². The lowest BCUT2D eigenvalue weighted by Gasteiger charge is -2.08. The van der Waals surface area contributed by atoms with Gasteiger partial charge in [-0.3, -0.25) is 9.59 Å². The molecule has 0 saturated carbocycles. The number of carbonyl (C=O) groups excluding carboxylic acids is 2. The molecule has 0 unspecified atom stereocenters. The summed E-state index contributed by atoms with van der Waals surface area (Å²) in [7, 11) is 0. The van der Waals surface area contributed by atoms with Crippen molar-refractivity contribution >= 4 is 30.0 Å². The van der Waals surface area contributed by atoms with Crippen molar-refractivity contribution in [1.29, 1.82) is 0 Å². The predicted octanol–water partition coefficient (Wildman–Crippen LogP) is 4.65. The molecule has 0 aromatic heterocycles. The largest absolute Gasteiger partial charge is 0.416 e. The van der Waals surface area contributed by atoms with Crippen LogP contribution in [0.1, 0.15) is 34.0 Å². The van der Waals surface area contributed by atoms with Crippen LogP contribution in [0.4, 0.5) is 18.9 Å². The zero-order valence-corrected chi connectivity index (χ0v) is 12.7. The first-order chi connectivity index (χ1) is 11.3. The minimum absolute atomic E-state index is 0.289. The second-order valence-corrected chi connectivity index (χ2v) is 5.10. The number of nitrogens with one attached hydrogen (secondary N) is 1. The van der Waals surface area contributed by atoms with Gasteiger partial charge in [-0.05, 0) is 41.5 Å². The molecule has 1 N–H and O–H groups in total. The summed E-state index contributed by atoms with van der Waals surface area (Å²) in [6.07, 6.45) is -0.722. The normalized spacial score (nSPS) is 11.5. The van der Waals surface area contributed by atoms with Gasteiger partial charge in [0.15, 0.2) is 0 Å². The SMILES string of the molecule is CC(=O)Nc1ccc(C=O)cc1/C=C/c1cccc(C(F)(F)F)c1. The smallest absolute Gasteiger partial charge is 0.326 e. The molecule has 2 rings (SSSR count). The molecule has 0 aliphatic rings. The molecule has 0 spiro atoms. The van der Waals surface area contributed by atoms with Gasteiger partial charge in [-0.15, -0.1) is 0 Å². The summed E-state index contributed by atoms with van der Waals surface area (Å²) in [5, 5.41) is 2.61. The molecule has 0 heterocycles. The molecule has 3 nitrogen and oxygen atoms in total. The van der Waals surface area contributed by atoms with E-state index in [0.29, 0.717) is 28.7 Å². The third-order valence-corrected chi connectivity index (χ3v) is 3.19. The van der Waals surface area contributed by atoms with E-state index in [1.54, 1.807) is 24.3 Å². The maximum absolute atomic E-state index is 12.7. The molecule has 2 aromatic carbocycles. The number of halogens is 3. The van der Waals surface area contributed by atoms with Crippen molar-refractivity contribution in [3.05, 3.63) is 64.7 Å². The van der Waals surface area contributed by atoms with Crippen LogP contribution in [-0.2, 0) is 11.0 Å². The van der Waals surface area contributed by atoms with E-state index in [1.807, 2.05) is 0 Å². The van der Waals surface area contributed by atoms with Gasteiger partial charge in [0, 0.05) is 18.2 Å². The third-order valence-electron chi connectivity index (χ3n) is 3.19. The fourth-order valence-electron chi connectivity index (χ4n) is 2.10. The van der Waals surface area contributed by atoms with E-state index in [9.17, 15) is 22.8 Å². The Bertz CT molecular complexity index is 795. The van der Waals surface area contributed by atoms with E-state index in [4.69, 9.17) is 0 Å². The molecule has 1 amide bonds. The first kappa shape index (κ1) is 17.5. The number of alkyl halides is 3. The summed E-state index contributed by atoms with van der Waals surface area (Å²) < 4.78 is 38.2. The Labute approximate surface area is 136 Å². The molecular formula is C18H14F3NO2. The van der Waals surface area contributed by atoms with Gasteiger partial charge in [0.2, 0.25) is 5.91 Å². The summed E-state index contributed by atoms with van der Waals surface area (Å²) in [5.41, 5.74) is 1.000. The molecule has 24 heavy (non-hydrogen) atoms. The average molecular weight is 333 g/mol. The summed E-state index contributed by atoms with van der Waals surface area (Å²) >= 11 is 0. The van der Waals surface area contributed by atoms with Crippen LogP contribution >= 0.6 is 0 Å². The number of amides is 1. The molecule has 0 radical (unpaired) electrons. The highest BCUT2D eigenvalue weighted by Gasteiger charge is 2.30. The molecule has 0 aliphatic heterocycles. The number of rotatable bonds is 4. The second-order valence-electron chi connectivity index (χ2n) is 5.10. The minimum Gasteiger partial charge on any atom is -0.326 e. The number of hydrogen-bond donors (Lipinski definition) is 1. The summed E-state index contributed by atoms with van der Waals surface area (Å²) in [6, 6.07) is 9.52. The van der Waals surface area contributed by atoms with E-state index in [2.05, 4.69) is 5.32 Å². The van der Waals surface area contributed by atoms with Crippen molar-refractivity contribution in [3.8, 4) is 0 Å². The Balaban J connectivity index is 2.37. The Hall–Kier alpha value is -2.89. The molecule has 0 saturated heterocycles. The molecular weight excluding hydrogens is 319 g/mol. The Morgan fingerprint density at radius 2 is 1.79 bits per heavy atom. The fraction of sp³-hybridized carbons (Fsp3) is 0.111. The van der Waals surface area contributed by atoms with Crippen molar-refractivity contribution in [2.24, 2.45) is 0 Å². The van der Waals surface area contributed by atoms with E-state index in [-0.39, 0.29) is 5.91 Å². The van der Waals surface area contributed by atoms with Crippen LogP contribution in [-0.4, -0.2) is 12.2 Å². The van der Waals surface area contributed by atoms with Gasteiger partial charge in [0.25, 0.3) is 0 Å². The lowest BCUT2D eigenvalue weighted by Crippen LogP contribution is -2.07. The van der Waals surface area contributed by atoms with Crippen LogP contribution in [0, 0.1) is 0 Å². The van der Waals surface area contributed by atoms with Gasteiger partial charge >= 0.3 is 6.18 Å². The highest BCUT2D eigenvalue weighted by molar-refractivity contribution is 5.93. The highest BCUT2D eigenvalue weighted by atomic mass is 19.4. The molecule has 124 valence electrons. The van der Waals surface area contributed by atoms with Crippen LogP contribution < -0.4 is 5.32 Å². The number of benzene rings is 2. The van der Waals surface area contributed by atoms with Gasteiger partial charge in [0.05, 0.1) is 5.56 Å². The summed E-state index contributed by atoms with van der Waals surface area (Å²) in [6.45, 7) is 1.34. The van der Waals surface area contributed by atoms with E-state index in [1.165, 1.54) is 25.1 Å². The fourth-order valence-corrected chi connectivity index (χ4v) is 2.10. The standard InChI is InChI=1S/C18H14F3NO2/c1-12(24)22-17-8-6-14(11-23)9-15(17)7-5-13-3-2-4-16(10-13)18(19,20)21/h2-11H,1H3,(H,22,24)/b7-5+. The topological polar surface area (TPSA) is 46.2 Å². The molecule has 0 atom stereocenters. The number of anilines is 1. The Morgan fingerprint density at radius 1 is 1.04 bits per heavy atom. The lowest BCUT2D eigenvalue weighted by atomic mass is 10.1. The van der Waals surface area contributed by atoms with Crippen LogP contribution in [0.15, 0.2) is 42.5 Å². The Kier molecular flexibility index (Phi) is 5.18. The molecule has 0 bridgehead atoms. The predicted molar refractivity (Wildman–Crippen MR) is 86.5 cm³/mol. The van der Waals surface area contributed by atoms with Gasteiger partial charge in [0.1, 0.15) is 6.29 Å². The van der Waals surface area contributed by atoms with Crippen molar-refractivity contribution in [1.82, 2.24) is 0 Å². The summed E-state index contributed by atoms with van der Waals surface area (Å²) in [4.78, 5) is 22.1. The van der Waals surface area contributed by atoms with Gasteiger partial charge in [-0.25, -0.2) is 0 Å². The second kappa shape index (κ2) is 7.12. The molecule has 0 fully saturated rings. The summed E-state index contributed by atoms with van der Waals surface area (Å²) in [5.74, 6) is -0.289. The zero-order valence-electron chi connectivity index (χ0n) is 12.7. The first-order valence-corrected chi connectivity index (χ1v) is 7.02. The van der Waals surface area contributed by atoms with Crippen LogP contribution in [0.2, 0.25) is 0 Å². The zero-order chi connectivity index (χ0) is 17.7. The highest BCUT2D eigenvalue weighted by Crippen LogP contribution is 2.30. The van der Waals surface area contributed by atoms with Crippen LogP contribution in [0.5, 0.6) is 0 Å². The molecule has 6 heteroatoms. The molecule has 0 aliphatic carbocycles.